The molecule has 39 heavy (non-hydrogen) atoms. The molecular formula is C27H27N3O9. The molecule has 3 aromatic rings. The molecule has 0 saturated carbocycles. The van der Waals surface area contributed by atoms with Crippen LogP contribution in [0.15, 0.2) is 66.7 Å². The van der Waals surface area contributed by atoms with Crippen molar-refractivity contribution in [3.05, 3.63) is 76.8 Å². The number of methoxy groups -OCH3 is 2. The highest BCUT2D eigenvalue weighted by Crippen LogP contribution is 2.31. The van der Waals surface area contributed by atoms with Crippen LogP contribution in [0.1, 0.15) is 19.3 Å². The van der Waals surface area contributed by atoms with E-state index in [-0.39, 0.29) is 36.5 Å². The third-order valence-corrected chi connectivity index (χ3v) is 5.26. The fourth-order valence-corrected chi connectivity index (χ4v) is 3.36. The number of nitrogens with zero attached hydrogens (tertiary/aromatic N) is 1. The first-order valence-corrected chi connectivity index (χ1v) is 11.8. The number of nitrogens with one attached hydrogen (secondary N) is 2. The fraction of sp³-hybridized carbons (Fsp3) is 0.222. The molecule has 0 bridgehead atoms. The van der Waals surface area contributed by atoms with Crippen LogP contribution < -0.4 is 24.8 Å². The highest BCUT2D eigenvalue weighted by molar-refractivity contribution is 5.95. The zero-order valence-corrected chi connectivity index (χ0v) is 21.3. The minimum atomic E-state index is -0.754. The van der Waals surface area contributed by atoms with Crippen LogP contribution in [0.25, 0.3) is 0 Å². The Balaban J connectivity index is 1.38. The van der Waals surface area contributed by atoms with Crippen molar-refractivity contribution < 1.29 is 38.3 Å². The number of nitro benzene ring substituents is 1. The van der Waals surface area contributed by atoms with Crippen LogP contribution in [0.5, 0.6) is 23.0 Å². The van der Waals surface area contributed by atoms with Crippen molar-refractivity contribution in [2.24, 2.45) is 0 Å². The van der Waals surface area contributed by atoms with Crippen LogP contribution in [-0.4, -0.2) is 43.5 Å². The van der Waals surface area contributed by atoms with Crippen LogP contribution >= 0.6 is 0 Å². The number of anilines is 2. The van der Waals surface area contributed by atoms with Crippen molar-refractivity contribution in [2.45, 2.75) is 19.3 Å². The van der Waals surface area contributed by atoms with Gasteiger partial charge in [-0.2, -0.15) is 0 Å². The predicted octanol–water partition coefficient (Wildman–Crippen LogP) is 4.70. The number of hydrogen-bond donors (Lipinski definition) is 2. The summed E-state index contributed by atoms with van der Waals surface area (Å²) in [6.07, 6.45) is 0.158. The van der Waals surface area contributed by atoms with Crippen molar-refractivity contribution in [2.75, 3.05) is 31.5 Å². The second kappa shape index (κ2) is 14.0. The second-order valence-corrected chi connectivity index (χ2v) is 8.03. The van der Waals surface area contributed by atoms with Gasteiger partial charge in [-0.05, 0) is 48.9 Å². The lowest BCUT2D eigenvalue weighted by atomic mass is 10.2. The summed E-state index contributed by atoms with van der Waals surface area (Å²) >= 11 is 0. The second-order valence-electron chi connectivity index (χ2n) is 8.03. The molecule has 2 amide bonds. The molecule has 0 atom stereocenters. The fourth-order valence-electron chi connectivity index (χ4n) is 3.36. The summed E-state index contributed by atoms with van der Waals surface area (Å²) in [5.74, 6) is 0.280. The summed E-state index contributed by atoms with van der Waals surface area (Å²) in [6.45, 7) is -0.636. The maximum atomic E-state index is 12.2. The topological polar surface area (TPSA) is 155 Å². The number of hydrogen-bond acceptors (Lipinski definition) is 9. The maximum Gasteiger partial charge on any atom is 0.306 e. The van der Waals surface area contributed by atoms with Gasteiger partial charge in [-0.1, -0.05) is 12.1 Å². The van der Waals surface area contributed by atoms with Crippen molar-refractivity contribution in [3.63, 3.8) is 0 Å². The van der Waals surface area contributed by atoms with Gasteiger partial charge in [-0.15, -0.1) is 0 Å². The molecule has 0 radical (unpaired) electrons. The SMILES string of the molecule is COc1ccc([N+](=O)[O-])c(NC(=O)COC(=O)CCCC(=O)Nc2ccc(Oc3ccccc3OC)cc2)c1. The molecule has 0 fully saturated rings. The first-order chi connectivity index (χ1) is 18.8. The molecule has 2 N–H and O–H groups in total. The zero-order valence-electron chi connectivity index (χ0n) is 21.3. The summed E-state index contributed by atoms with van der Waals surface area (Å²) < 4.78 is 21.0. The largest absolute Gasteiger partial charge is 0.497 e. The van der Waals surface area contributed by atoms with E-state index in [9.17, 15) is 24.5 Å². The Hall–Kier alpha value is -5.13. The van der Waals surface area contributed by atoms with Gasteiger partial charge in [0.1, 0.15) is 17.2 Å². The summed E-state index contributed by atoms with van der Waals surface area (Å²) in [7, 11) is 2.93. The molecular weight excluding hydrogens is 510 g/mol. The lowest BCUT2D eigenvalue weighted by molar-refractivity contribution is -0.383. The molecule has 0 aliphatic rings. The first-order valence-electron chi connectivity index (χ1n) is 11.8. The van der Waals surface area contributed by atoms with Crippen LogP contribution in [0.4, 0.5) is 17.1 Å². The molecule has 12 nitrogen and oxygen atoms in total. The molecule has 204 valence electrons. The van der Waals surface area contributed by atoms with E-state index in [4.69, 9.17) is 18.9 Å². The van der Waals surface area contributed by atoms with Crippen molar-refractivity contribution in [1.82, 2.24) is 0 Å². The van der Waals surface area contributed by atoms with Gasteiger partial charge in [0.2, 0.25) is 5.91 Å². The number of rotatable bonds is 13. The Labute approximate surface area is 224 Å². The molecule has 12 heteroatoms. The summed E-state index contributed by atoms with van der Waals surface area (Å²) in [4.78, 5) is 46.8. The highest BCUT2D eigenvalue weighted by Gasteiger charge is 2.18. The number of benzene rings is 3. The lowest BCUT2D eigenvalue weighted by Crippen LogP contribution is -2.21. The van der Waals surface area contributed by atoms with Gasteiger partial charge in [0.25, 0.3) is 11.6 Å². The molecule has 3 aromatic carbocycles. The van der Waals surface area contributed by atoms with Crippen LogP contribution in [0.3, 0.4) is 0 Å². The summed E-state index contributed by atoms with van der Waals surface area (Å²) in [5.41, 5.74) is 0.134. The van der Waals surface area contributed by atoms with Gasteiger partial charge in [0, 0.05) is 30.7 Å². The van der Waals surface area contributed by atoms with E-state index in [0.717, 1.165) is 0 Å². The maximum absolute atomic E-state index is 12.2. The number of carbonyl (C=O) groups is 3. The lowest BCUT2D eigenvalue weighted by Gasteiger charge is -2.11. The number of ether oxygens (including phenoxy) is 4. The molecule has 0 saturated heterocycles. The standard InChI is InChI=1S/C27H27N3O9/c1-36-20-14-15-22(30(34)35)21(16-20)29-26(32)17-38-27(33)9-5-8-25(31)28-18-10-12-19(13-11-18)39-24-7-4-3-6-23(24)37-2/h3-4,6-7,10-16H,5,8-9,17H2,1-2H3,(H,28,31)(H,29,32). The number of carbonyl (C=O) groups excluding carboxylic acids is 3. The monoisotopic (exact) mass is 537 g/mol. The molecule has 0 aromatic heterocycles. The Kier molecular flexibility index (Phi) is 10.2. The number of para-hydroxylation sites is 2. The number of amides is 2. The normalized spacial score (nSPS) is 10.2. The quantitative estimate of drug-likeness (QED) is 0.179. The van der Waals surface area contributed by atoms with Crippen LogP contribution in [0.2, 0.25) is 0 Å². The van der Waals surface area contributed by atoms with E-state index >= 15 is 0 Å². The smallest absolute Gasteiger partial charge is 0.306 e. The molecule has 0 unspecified atom stereocenters. The van der Waals surface area contributed by atoms with E-state index in [1.54, 1.807) is 43.5 Å². The van der Waals surface area contributed by atoms with E-state index in [1.807, 2.05) is 12.1 Å². The van der Waals surface area contributed by atoms with Gasteiger partial charge in [-0.25, -0.2) is 0 Å². The summed E-state index contributed by atoms with van der Waals surface area (Å²) in [5, 5.41) is 16.2. The molecule has 0 heterocycles. The van der Waals surface area contributed by atoms with Crippen LogP contribution in [-0.2, 0) is 19.1 Å². The van der Waals surface area contributed by atoms with E-state index in [0.29, 0.717) is 28.7 Å². The van der Waals surface area contributed by atoms with Gasteiger partial charge < -0.3 is 29.6 Å². The third-order valence-electron chi connectivity index (χ3n) is 5.26. The average molecular weight is 538 g/mol. The molecule has 0 spiro atoms. The molecule has 3 rings (SSSR count). The van der Waals surface area contributed by atoms with Crippen molar-refractivity contribution in [3.8, 4) is 23.0 Å². The zero-order chi connectivity index (χ0) is 28.2. The van der Waals surface area contributed by atoms with E-state index in [1.165, 1.54) is 25.3 Å². The van der Waals surface area contributed by atoms with E-state index < -0.39 is 23.4 Å². The summed E-state index contributed by atoms with van der Waals surface area (Å²) in [6, 6.07) is 17.8. The molecule has 0 aliphatic carbocycles. The average Bonchev–Trinajstić information content (AvgIpc) is 2.93. The Morgan fingerprint density at radius 3 is 2.18 bits per heavy atom. The van der Waals surface area contributed by atoms with Gasteiger partial charge in [0.15, 0.2) is 18.1 Å². The predicted molar refractivity (Wildman–Crippen MR) is 141 cm³/mol. The highest BCUT2D eigenvalue weighted by atomic mass is 16.6. The minimum absolute atomic E-state index is 0.0523. The third kappa shape index (κ3) is 8.74. The van der Waals surface area contributed by atoms with Gasteiger partial charge >= 0.3 is 5.97 Å². The first kappa shape index (κ1) is 28.4. The van der Waals surface area contributed by atoms with Crippen LogP contribution in [0, 0.1) is 10.1 Å². The Morgan fingerprint density at radius 2 is 1.51 bits per heavy atom. The Bertz CT molecular complexity index is 1330. The van der Waals surface area contributed by atoms with Crippen molar-refractivity contribution >= 4 is 34.8 Å². The van der Waals surface area contributed by atoms with E-state index in [2.05, 4.69) is 10.6 Å². The van der Waals surface area contributed by atoms with Gasteiger partial charge in [-0.3, -0.25) is 24.5 Å². The number of esters is 1. The van der Waals surface area contributed by atoms with Gasteiger partial charge in [0.05, 0.1) is 19.1 Å². The van der Waals surface area contributed by atoms with Crippen molar-refractivity contribution in [1.29, 1.82) is 0 Å². The minimum Gasteiger partial charge on any atom is -0.497 e. The Morgan fingerprint density at radius 1 is 0.821 bits per heavy atom. The number of nitro groups is 1. The molecule has 0 aliphatic heterocycles.